The molecule has 1 atom stereocenters. The Bertz CT molecular complexity index is 1100. The summed E-state index contributed by atoms with van der Waals surface area (Å²) >= 11 is 5.81. The topological polar surface area (TPSA) is 53.4 Å². The van der Waals surface area contributed by atoms with Gasteiger partial charge in [0.1, 0.15) is 5.82 Å². The highest BCUT2D eigenvalue weighted by Crippen LogP contribution is 2.35. The zero-order valence-corrected chi connectivity index (χ0v) is 17.4. The Morgan fingerprint density at radius 2 is 2.00 bits per heavy atom. The van der Waals surface area contributed by atoms with E-state index in [2.05, 4.69) is 29.1 Å². The van der Waals surface area contributed by atoms with Gasteiger partial charge in [0.15, 0.2) is 0 Å². The molecule has 0 amide bonds. The van der Waals surface area contributed by atoms with E-state index in [9.17, 15) is 14.3 Å². The molecule has 4 nitrogen and oxygen atoms in total. The van der Waals surface area contributed by atoms with Crippen molar-refractivity contribution in [2.45, 2.75) is 25.3 Å². The van der Waals surface area contributed by atoms with Crippen molar-refractivity contribution < 1.29 is 14.3 Å². The highest BCUT2D eigenvalue weighted by molar-refractivity contribution is 6.30. The first-order valence-corrected chi connectivity index (χ1v) is 10.3. The van der Waals surface area contributed by atoms with Crippen LogP contribution in [0.4, 0.5) is 4.39 Å². The van der Waals surface area contributed by atoms with Gasteiger partial charge >= 0.3 is 5.97 Å². The third-order valence-electron chi connectivity index (χ3n) is 5.84. The summed E-state index contributed by atoms with van der Waals surface area (Å²) in [5, 5.41) is 9.53. The van der Waals surface area contributed by atoms with Crippen molar-refractivity contribution in [1.29, 1.82) is 0 Å². The van der Waals surface area contributed by atoms with Crippen LogP contribution < -0.4 is 0 Å². The summed E-state index contributed by atoms with van der Waals surface area (Å²) < 4.78 is 13.9. The monoisotopic (exact) mass is 424 g/mol. The van der Waals surface area contributed by atoms with E-state index in [-0.39, 0.29) is 11.1 Å². The van der Waals surface area contributed by atoms with Crippen LogP contribution in [0.1, 0.15) is 39.5 Å². The molecular weight excluding hydrogens is 403 g/mol. The van der Waals surface area contributed by atoms with Crippen molar-refractivity contribution in [3.63, 3.8) is 0 Å². The molecule has 3 aromatic rings. The molecule has 0 bridgehead atoms. The number of fused-ring (bicyclic) bond motifs is 1. The van der Waals surface area contributed by atoms with E-state index in [1.165, 1.54) is 23.4 Å². The maximum absolute atomic E-state index is 13.9. The van der Waals surface area contributed by atoms with Gasteiger partial charge in [-0.05, 0) is 72.3 Å². The van der Waals surface area contributed by atoms with E-state index in [1.54, 1.807) is 18.3 Å². The molecule has 0 spiro atoms. The SMILES string of the molecule is CN1CCc2cc(-c3ccc(Cl)c(F)c3)ccc2[C@@H]1CCc1cnccc1C(=O)O. The molecule has 4 rings (SSSR count). The molecule has 154 valence electrons. The number of carboxylic acid groups (broad SMARTS) is 1. The summed E-state index contributed by atoms with van der Waals surface area (Å²) in [4.78, 5) is 17.9. The Balaban J connectivity index is 1.60. The number of pyridine rings is 1. The van der Waals surface area contributed by atoms with Crippen LogP contribution in [0.25, 0.3) is 11.1 Å². The molecule has 0 unspecified atom stereocenters. The largest absolute Gasteiger partial charge is 0.478 e. The fraction of sp³-hybridized carbons (Fsp3) is 0.250. The zero-order valence-electron chi connectivity index (χ0n) is 16.6. The first kappa shape index (κ1) is 20.5. The lowest BCUT2D eigenvalue weighted by molar-refractivity contribution is 0.0695. The van der Waals surface area contributed by atoms with Crippen LogP contribution in [0.15, 0.2) is 54.9 Å². The van der Waals surface area contributed by atoms with Gasteiger partial charge < -0.3 is 5.11 Å². The lowest BCUT2D eigenvalue weighted by Crippen LogP contribution is -2.32. The van der Waals surface area contributed by atoms with Crippen molar-refractivity contribution in [2.75, 3.05) is 13.6 Å². The molecule has 2 heterocycles. The minimum absolute atomic E-state index is 0.120. The molecule has 0 saturated carbocycles. The molecular formula is C24H22ClFN2O2. The predicted molar refractivity (Wildman–Crippen MR) is 115 cm³/mol. The van der Waals surface area contributed by atoms with Gasteiger partial charge in [-0.15, -0.1) is 0 Å². The first-order valence-electron chi connectivity index (χ1n) is 9.88. The standard InChI is InChI=1S/C24H22ClFN2O2/c1-28-11-9-17-12-15(16-3-6-21(25)22(26)13-16)2-5-19(17)23(28)7-4-18-14-27-10-8-20(18)24(29)30/h2-3,5-6,8,10,12-14,23H,4,7,9,11H2,1H3,(H,29,30)/t23-/m0/s1. The van der Waals surface area contributed by atoms with E-state index in [4.69, 9.17) is 11.6 Å². The lowest BCUT2D eigenvalue weighted by atomic mass is 9.87. The molecule has 2 aromatic carbocycles. The molecule has 0 saturated heterocycles. The fourth-order valence-electron chi connectivity index (χ4n) is 4.20. The Morgan fingerprint density at radius 1 is 1.23 bits per heavy atom. The highest BCUT2D eigenvalue weighted by atomic mass is 35.5. The number of carboxylic acids is 1. The van der Waals surface area contributed by atoms with Gasteiger partial charge in [-0.2, -0.15) is 0 Å². The fourth-order valence-corrected chi connectivity index (χ4v) is 4.31. The Hall–Kier alpha value is -2.76. The number of hydrogen-bond acceptors (Lipinski definition) is 3. The highest BCUT2D eigenvalue weighted by Gasteiger charge is 2.25. The van der Waals surface area contributed by atoms with Gasteiger partial charge in [0.25, 0.3) is 0 Å². The summed E-state index contributed by atoms with van der Waals surface area (Å²) in [6, 6.07) is 12.9. The van der Waals surface area contributed by atoms with Gasteiger partial charge in [-0.1, -0.05) is 35.9 Å². The average molecular weight is 425 g/mol. The van der Waals surface area contributed by atoms with E-state index in [0.717, 1.165) is 36.1 Å². The Kier molecular flexibility index (Phi) is 5.84. The van der Waals surface area contributed by atoms with E-state index in [1.807, 2.05) is 12.1 Å². The normalized spacial score (nSPS) is 16.3. The van der Waals surface area contributed by atoms with Crippen molar-refractivity contribution in [2.24, 2.45) is 0 Å². The maximum Gasteiger partial charge on any atom is 0.336 e. The molecule has 6 heteroatoms. The van der Waals surface area contributed by atoms with Crippen LogP contribution in [0.5, 0.6) is 0 Å². The number of aromatic carboxylic acids is 1. The van der Waals surface area contributed by atoms with Crippen LogP contribution in [-0.2, 0) is 12.8 Å². The number of halogens is 2. The van der Waals surface area contributed by atoms with Gasteiger partial charge in [-0.3, -0.25) is 9.88 Å². The zero-order chi connectivity index (χ0) is 21.3. The van der Waals surface area contributed by atoms with Crippen molar-refractivity contribution in [3.8, 4) is 11.1 Å². The number of nitrogens with zero attached hydrogens (tertiary/aromatic N) is 2. The van der Waals surface area contributed by atoms with Crippen molar-refractivity contribution >= 4 is 17.6 Å². The summed E-state index contributed by atoms with van der Waals surface area (Å²) in [6.45, 7) is 0.912. The number of hydrogen-bond donors (Lipinski definition) is 1. The van der Waals surface area contributed by atoms with Crippen LogP contribution >= 0.6 is 11.6 Å². The van der Waals surface area contributed by atoms with Gasteiger partial charge in [0, 0.05) is 25.0 Å². The Labute approximate surface area is 179 Å². The number of likely N-dealkylation sites (N-methyl/N-ethyl adjacent to an activating group) is 1. The predicted octanol–water partition coefficient (Wildman–Crippen LogP) is 5.40. The number of benzene rings is 2. The molecule has 0 fully saturated rings. The van der Waals surface area contributed by atoms with Gasteiger partial charge in [-0.25, -0.2) is 9.18 Å². The van der Waals surface area contributed by atoms with Crippen LogP contribution in [0.2, 0.25) is 5.02 Å². The second-order valence-electron chi connectivity index (χ2n) is 7.67. The van der Waals surface area contributed by atoms with Crippen LogP contribution in [0, 0.1) is 5.82 Å². The third kappa shape index (κ3) is 4.09. The van der Waals surface area contributed by atoms with Crippen molar-refractivity contribution in [1.82, 2.24) is 9.88 Å². The minimum atomic E-state index is -0.926. The smallest absolute Gasteiger partial charge is 0.336 e. The van der Waals surface area contributed by atoms with Crippen LogP contribution in [-0.4, -0.2) is 34.6 Å². The van der Waals surface area contributed by atoms with E-state index in [0.29, 0.717) is 12.0 Å². The second-order valence-corrected chi connectivity index (χ2v) is 8.07. The van der Waals surface area contributed by atoms with Gasteiger partial charge in [0.05, 0.1) is 10.6 Å². The lowest BCUT2D eigenvalue weighted by Gasteiger charge is -2.35. The number of aryl methyl sites for hydroxylation is 1. The number of carbonyl (C=O) groups is 1. The molecule has 30 heavy (non-hydrogen) atoms. The molecule has 0 radical (unpaired) electrons. The molecule has 1 aliphatic heterocycles. The summed E-state index contributed by atoms with van der Waals surface area (Å²) in [5.74, 6) is -1.35. The van der Waals surface area contributed by atoms with Crippen LogP contribution in [0.3, 0.4) is 0 Å². The first-order chi connectivity index (χ1) is 14.4. The van der Waals surface area contributed by atoms with E-state index < -0.39 is 11.8 Å². The summed E-state index contributed by atoms with van der Waals surface area (Å²) in [6.07, 6.45) is 5.50. The maximum atomic E-state index is 13.9. The Morgan fingerprint density at radius 3 is 2.77 bits per heavy atom. The molecule has 1 aromatic heterocycles. The molecule has 1 aliphatic rings. The number of aromatic nitrogens is 1. The minimum Gasteiger partial charge on any atom is -0.478 e. The quantitative estimate of drug-likeness (QED) is 0.595. The summed E-state index contributed by atoms with van der Waals surface area (Å²) in [5.41, 5.74) is 5.31. The number of rotatable bonds is 5. The second kappa shape index (κ2) is 8.54. The van der Waals surface area contributed by atoms with Crippen molar-refractivity contribution in [3.05, 3.63) is 88.0 Å². The molecule has 1 N–H and O–H groups in total. The average Bonchev–Trinajstić information content (AvgIpc) is 2.75. The summed E-state index contributed by atoms with van der Waals surface area (Å²) in [7, 11) is 2.09. The molecule has 0 aliphatic carbocycles. The van der Waals surface area contributed by atoms with E-state index >= 15 is 0 Å². The van der Waals surface area contributed by atoms with Gasteiger partial charge in [0.2, 0.25) is 0 Å². The third-order valence-corrected chi connectivity index (χ3v) is 6.15.